The van der Waals surface area contributed by atoms with Gasteiger partial charge in [0.1, 0.15) is 6.04 Å². The lowest BCUT2D eigenvalue weighted by atomic mass is 9.91. The minimum Gasteiger partial charge on any atom is -0.468 e. The van der Waals surface area contributed by atoms with Crippen LogP contribution < -0.4 is 10.2 Å². The predicted octanol–water partition coefficient (Wildman–Crippen LogP) is 2.84. The fourth-order valence-electron chi connectivity index (χ4n) is 4.07. The van der Waals surface area contributed by atoms with Crippen molar-refractivity contribution in [3.63, 3.8) is 0 Å². The highest BCUT2D eigenvalue weighted by Crippen LogP contribution is 2.33. The summed E-state index contributed by atoms with van der Waals surface area (Å²) in [6.45, 7) is 1.79. The summed E-state index contributed by atoms with van der Waals surface area (Å²) in [6, 6.07) is 13.5. The fraction of sp³-hybridized carbons (Fsp3) is 0.348. The zero-order valence-corrected chi connectivity index (χ0v) is 17.9. The van der Waals surface area contributed by atoms with Crippen molar-refractivity contribution in [2.75, 3.05) is 38.2 Å². The summed E-state index contributed by atoms with van der Waals surface area (Å²) in [5.41, 5.74) is 0.515. The van der Waals surface area contributed by atoms with Crippen LogP contribution in [-0.4, -0.2) is 56.0 Å². The number of carbonyl (C=O) groups excluding carboxylic acids is 2. The van der Waals surface area contributed by atoms with E-state index >= 15 is 0 Å². The maximum Gasteiger partial charge on any atom is 0.416 e. The third-order valence-corrected chi connectivity index (χ3v) is 5.81. The first kappa shape index (κ1) is 22.6. The molecular weight excluding hydrogens is 437 g/mol. The van der Waals surface area contributed by atoms with E-state index in [0.29, 0.717) is 43.4 Å². The van der Waals surface area contributed by atoms with Gasteiger partial charge in [0.15, 0.2) is 5.92 Å². The number of alkyl halides is 3. The highest BCUT2D eigenvalue weighted by Gasteiger charge is 2.42. The molecule has 2 aliphatic rings. The number of hydrogen-bond donors (Lipinski definition) is 1. The quantitative estimate of drug-likeness (QED) is 0.563. The number of guanidine groups is 1. The molecule has 33 heavy (non-hydrogen) atoms. The first-order chi connectivity index (χ1) is 15.8. The molecule has 1 N–H and O–H groups in total. The average molecular weight is 460 g/mol. The smallest absolute Gasteiger partial charge is 0.416 e. The van der Waals surface area contributed by atoms with Crippen molar-refractivity contribution < 1.29 is 27.5 Å². The molecular formula is C23H23F3N4O3. The Hall–Kier alpha value is -3.56. The summed E-state index contributed by atoms with van der Waals surface area (Å²) in [4.78, 5) is 33.5. The molecule has 2 aromatic rings. The Morgan fingerprint density at radius 1 is 1.03 bits per heavy atom. The molecule has 0 radical (unpaired) electrons. The number of amides is 1. The highest BCUT2D eigenvalue weighted by molar-refractivity contribution is 6.08. The molecule has 174 valence electrons. The van der Waals surface area contributed by atoms with E-state index in [9.17, 15) is 22.8 Å². The van der Waals surface area contributed by atoms with Crippen LogP contribution in [0.4, 0.5) is 18.9 Å². The van der Waals surface area contributed by atoms with Crippen LogP contribution in [0.15, 0.2) is 59.6 Å². The Labute approximate surface area is 188 Å². The van der Waals surface area contributed by atoms with Gasteiger partial charge in [0, 0.05) is 31.9 Å². The van der Waals surface area contributed by atoms with Crippen molar-refractivity contribution in [1.29, 1.82) is 0 Å². The van der Waals surface area contributed by atoms with E-state index in [1.807, 2.05) is 15.9 Å². The number of carbonyl (C=O) groups is 2. The predicted molar refractivity (Wildman–Crippen MR) is 115 cm³/mol. The van der Waals surface area contributed by atoms with Crippen LogP contribution >= 0.6 is 0 Å². The Morgan fingerprint density at radius 3 is 2.33 bits per heavy atom. The van der Waals surface area contributed by atoms with Crippen LogP contribution in [0, 0.1) is 5.92 Å². The fourth-order valence-corrected chi connectivity index (χ4v) is 4.07. The monoisotopic (exact) mass is 460 g/mol. The van der Waals surface area contributed by atoms with E-state index in [4.69, 9.17) is 4.74 Å². The lowest BCUT2D eigenvalue weighted by Crippen LogP contribution is -2.57. The van der Waals surface area contributed by atoms with Crippen molar-refractivity contribution >= 4 is 23.5 Å². The lowest BCUT2D eigenvalue weighted by Gasteiger charge is -2.39. The summed E-state index contributed by atoms with van der Waals surface area (Å²) in [6.07, 6.45) is -4.40. The van der Waals surface area contributed by atoms with Crippen LogP contribution in [0.2, 0.25) is 0 Å². The van der Waals surface area contributed by atoms with Gasteiger partial charge in [0.25, 0.3) is 0 Å². The van der Waals surface area contributed by atoms with E-state index in [-0.39, 0.29) is 0 Å². The Kier molecular flexibility index (Phi) is 6.26. The van der Waals surface area contributed by atoms with Gasteiger partial charge < -0.3 is 14.5 Å². The second kappa shape index (κ2) is 9.13. The third kappa shape index (κ3) is 4.79. The molecule has 0 aromatic heterocycles. The third-order valence-electron chi connectivity index (χ3n) is 5.81. The molecule has 0 saturated carbocycles. The van der Waals surface area contributed by atoms with E-state index in [1.165, 1.54) is 13.2 Å². The molecule has 1 fully saturated rings. The summed E-state index contributed by atoms with van der Waals surface area (Å²) in [7, 11) is 1.23. The van der Waals surface area contributed by atoms with Gasteiger partial charge in [-0.25, -0.2) is 4.99 Å². The summed E-state index contributed by atoms with van der Waals surface area (Å²) in [5.74, 6) is -1.93. The second-order valence-electron chi connectivity index (χ2n) is 7.82. The number of anilines is 1. The van der Waals surface area contributed by atoms with Crippen LogP contribution in [0.25, 0.3) is 0 Å². The molecule has 2 heterocycles. The first-order valence-electron chi connectivity index (χ1n) is 10.5. The molecule has 0 spiro atoms. The van der Waals surface area contributed by atoms with Gasteiger partial charge in [-0.05, 0) is 23.8 Å². The topological polar surface area (TPSA) is 74.2 Å². The largest absolute Gasteiger partial charge is 0.468 e. The molecule has 2 aliphatic heterocycles. The second-order valence-corrected chi connectivity index (χ2v) is 7.82. The molecule has 0 bridgehead atoms. The van der Waals surface area contributed by atoms with Gasteiger partial charge in [0.2, 0.25) is 11.9 Å². The molecule has 2 aromatic carbocycles. The number of methoxy groups -OCH3 is 1. The van der Waals surface area contributed by atoms with Gasteiger partial charge in [-0.2, -0.15) is 13.2 Å². The normalized spacial score (nSPS) is 21.3. The average Bonchev–Trinajstić information content (AvgIpc) is 2.83. The Balaban J connectivity index is 1.52. The van der Waals surface area contributed by atoms with Crippen LogP contribution in [0.3, 0.4) is 0 Å². The molecule has 1 amide bonds. The van der Waals surface area contributed by atoms with Crippen molar-refractivity contribution in [1.82, 2.24) is 10.2 Å². The minimum absolute atomic E-state index is 0.345. The number of halogens is 3. The maximum absolute atomic E-state index is 13.1. The summed E-state index contributed by atoms with van der Waals surface area (Å²) >= 11 is 0. The van der Waals surface area contributed by atoms with Gasteiger partial charge in [0.05, 0.1) is 12.7 Å². The van der Waals surface area contributed by atoms with Gasteiger partial charge >= 0.3 is 12.1 Å². The van der Waals surface area contributed by atoms with Crippen molar-refractivity contribution in [3.8, 4) is 0 Å². The highest BCUT2D eigenvalue weighted by atomic mass is 19.4. The van der Waals surface area contributed by atoms with Crippen LogP contribution in [0.5, 0.6) is 0 Å². The maximum atomic E-state index is 13.1. The number of esters is 1. The van der Waals surface area contributed by atoms with E-state index < -0.39 is 35.6 Å². The van der Waals surface area contributed by atoms with Crippen LogP contribution in [-0.2, 0) is 20.5 Å². The Morgan fingerprint density at radius 2 is 1.70 bits per heavy atom. The minimum atomic E-state index is -4.40. The number of piperazine rings is 1. The number of aliphatic imine (C=N–C) groups is 1. The number of hydrogen-bond acceptors (Lipinski definition) is 6. The van der Waals surface area contributed by atoms with Crippen LogP contribution in [0.1, 0.15) is 17.2 Å². The number of ether oxygens (including phenoxy) is 1. The van der Waals surface area contributed by atoms with E-state index in [0.717, 1.165) is 12.1 Å². The van der Waals surface area contributed by atoms with Crippen molar-refractivity contribution in [3.05, 3.63) is 65.7 Å². The molecule has 0 unspecified atom stereocenters. The summed E-state index contributed by atoms with van der Waals surface area (Å²) in [5, 5.41) is 2.70. The van der Waals surface area contributed by atoms with Gasteiger partial charge in [-0.15, -0.1) is 0 Å². The number of rotatable bonds is 3. The van der Waals surface area contributed by atoms with E-state index in [1.54, 1.807) is 30.3 Å². The zero-order chi connectivity index (χ0) is 23.6. The van der Waals surface area contributed by atoms with Gasteiger partial charge in [-0.3, -0.25) is 14.9 Å². The van der Waals surface area contributed by atoms with E-state index in [2.05, 4.69) is 10.3 Å². The summed E-state index contributed by atoms with van der Waals surface area (Å²) < 4.78 is 44.0. The molecule has 4 rings (SSSR count). The first-order valence-corrected chi connectivity index (χ1v) is 10.5. The number of nitrogens with zero attached hydrogens (tertiary/aromatic N) is 3. The number of benzene rings is 2. The van der Waals surface area contributed by atoms with Gasteiger partial charge in [-0.1, -0.05) is 36.4 Å². The number of nitrogens with one attached hydrogen (secondary N) is 1. The molecule has 0 aliphatic carbocycles. The van der Waals surface area contributed by atoms with Crippen molar-refractivity contribution in [2.45, 2.75) is 12.2 Å². The molecule has 10 heteroatoms. The lowest BCUT2D eigenvalue weighted by molar-refractivity contribution is -0.151. The zero-order valence-electron chi connectivity index (χ0n) is 17.9. The molecule has 1 saturated heterocycles. The van der Waals surface area contributed by atoms with Crippen molar-refractivity contribution in [2.24, 2.45) is 10.9 Å². The Bertz CT molecular complexity index is 1050. The SMILES string of the molecule is COC(=O)[C@H]1C(=O)NC(N2CCN(c3cccc(C(F)(F)F)c3)CC2)=N[C@H]1c1ccccc1. The molecule has 2 atom stereocenters. The molecule has 7 nitrogen and oxygen atoms in total. The standard InChI is InChI=1S/C23H23F3N4O3/c1-33-21(32)18-19(15-6-3-2-4-7-15)27-22(28-20(18)31)30-12-10-29(11-13-30)17-9-5-8-16(14-17)23(24,25)26/h2-9,14,18-19H,10-13H2,1H3,(H,27,28,31)/t18-,19+/m1/s1.